The number of fused-ring (bicyclic) bond motifs is 11. The number of hydrogen-bond acceptors (Lipinski definition) is 5. The second-order valence-corrected chi connectivity index (χ2v) is 17.0. The molecule has 0 radical (unpaired) electrons. The maximum atomic E-state index is 6.75. The van der Waals surface area contributed by atoms with E-state index in [0.717, 1.165) is 39.3 Å². The molecule has 0 N–H and O–H groups in total. The van der Waals surface area contributed by atoms with Crippen LogP contribution in [0.2, 0.25) is 0 Å². The molecule has 0 saturated heterocycles. The molecule has 5 nitrogen and oxygen atoms in total. The van der Waals surface area contributed by atoms with Crippen LogP contribution in [-0.2, 0) is 5.41 Å². The Balaban J connectivity index is 1.01. The molecule has 2 aliphatic heterocycles. The Bertz CT molecular complexity index is 3080. The quantitative estimate of drug-likeness (QED) is 0.168. The lowest BCUT2D eigenvalue weighted by Crippen LogP contribution is -2.25. The summed E-state index contributed by atoms with van der Waals surface area (Å²) in [6, 6.07) is 50.3. The Morgan fingerprint density at radius 2 is 1.32 bits per heavy atom. The molecule has 0 unspecified atom stereocenters. The molecule has 2 aliphatic rings. The van der Waals surface area contributed by atoms with Crippen LogP contribution >= 0.6 is 11.8 Å². The van der Waals surface area contributed by atoms with E-state index in [4.69, 9.17) is 9.72 Å². The molecule has 0 atom stereocenters. The fourth-order valence-corrected chi connectivity index (χ4v) is 10.8. The summed E-state index contributed by atoms with van der Waals surface area (Å²) in [5.74, 6) is 1.57. The smallest absolute Gasteiger partial charge is 0.146 e. The number of pyridine rings is 1. The second kappa shape index (κ2) is 12.1. The van der Waals surface area contributed by atoms with Gasteiger partial charge in [0.1, 0.15) is 23.8 Å². The van der Waals surface area contributed by atoms with Gasteiger partial charge in [-0.25, -0.2) is 4.98 Å². The van der Waals surface area contributed by atoms with Crippen LogP contribution in [0.4, 0.5) is 22.7 Å². The summed E-state index contributed by atoms with van der Waals surface area (Å²) < 4.78 is 9.10. The Morgan fingerprint density at radius 1 is 0.589 bits per heavy atom. The molecule has 4 heterocycles. The minimum atomic E-state index is -0.136. The van der Waals surface area contributed by atoms with Gasteiger partial charge < -0.3 is 14.5 Å². The van der Waals surface area contributed by atoms with Crippen molar-refractivity contribution in [2.45, 2.75) is 49.8 Å². The van der Waals surface area contributed by atoms with Gasteiger partial charge in [-0.1, -0.05) is 91.8 Å². The highest BCUT2D eigenvalue weighted by atomic mass is 32.2. The zero-order chi connectivity index (χ0) is 37.9. The van der Waals surface area contributed by atoms with E-state index in [2.05, 4.69) is 182 Å². The summed E-state index contributed by atoms with van der Waals surface area (Å²) in [7, 11) is 0. The minimum Gasteiger partial charge on any atom is -0.457 e. The third kappa shape index (κ3) is 4.92. The number of anilines is 4. The van der Waals surface area contributed by atoms with E-state index >= 15 is 0 Å². The molecule has 0 saturated carbocycles. The summed E-state index contributed by atoms with van der Waals surface area (Å²) >= 11 is 1.88. The van der Waals surface area contributed by atoms with Crippen molar-refractivity contribution in [3.05, 3.63) is 167 Å². The van der Waals surface area contributed by atoms with Crippen molar-refractivity contribution >= 4 is 72.9 Å². The van der Waals surface area contributed by atoms with Crippen molar-refractivity contribution in [3.8, 4) is 11.5 Å². The molecular formula is C50H40N4OS. The first kappa shape index (κ1) is 33.1. The number of hydrogen-bond donors (Lipinski definition) is 0. The standard InChI is InChI=1S/C50H40N4OS/c1-30-23-31(2)48(32(3)24-30)53-29-52(43-18-9-10-19-44(43)53)33-13-12-14-34(25-33)55-35-21-22-36-37-27-47-40(50(4,5)39-15-6-11-20-46(39)56-47)28-45(37)54-42-17-8-7-16-41(42)51-49(54)38(36)26-35/h6-28H,29H2,1-5H3. The van der Waals surface area contributed by atoms with Gasteiger partial charge in [-0.2, -0.15) is 0 Å². The van der Waals surface area contributed by atoms with Gasteiger partial charge in [0.15, 0.2) is 0 Å². The van der Waals surface area contributed by atoms with Gasteiger partial charge in [-0.05, 0) is 121 Å². The largest absolute Gasteiger partial charge is 0.457 e. The first-order valence-electron chi connectivity index (χ1n) is 19.3. The summed E-state index contributed by atoms with van der Waals surface area (Å²) in [5.41, 5.74) is 15.4. The molecule has 0 fully saturated rings. The number of rotatable bonds is 4. The molecule has 6 heteroatoms. The molecular weight excluding hydrogens is 705 g/mol. The van der Waals surface area contributed by atoms with E-state index in [1.54, 1.807) is 0 Å². The lowest BCUT2D eigenvalue weighted by Gasteiger charge is -2.35. The number of ether oxygens (including phenoxy) is 1. The van der Waals surface area contributed by atoms with Gasteiger partial charge in [-0.15, -0.1) is 0 Å². The number of imidazole rings is 1. The van der Waals surface area contributed by atoms with Gasteiger partial charge in [0.25, 0.3) is 0 Å². The van der Waals surface area contributed by atoms with E-state index in [-0.39, 0.29) is 5.41 Å². The van der Waals surface area contributed by atoms with Crippen LogP contribution in [0, 0.1) is 20.8 Å². The molecule has 11 rings (SSSR count). The Kier molecular flexibility index (Phi) is 7.18. The second-order valence-electron chi connectivity index (χ2n) is 15.9. The summed E-state index contributed by atoms with van der Waals surface area (Å²) in [4.78, 5) is 12.7. The zero-order valence-electron chi connectivity index (χ0n) is 32.1. The van der Waals surface area contributed by atoms with Gasteiger partial charge >= 0.3 is 0 Å². The number of aryl methyl sites for hydroxylation is 3. The summed E-state index contributed by atoms with van der Waals surface area (Å²) in [6.07, 6.45) is 0. The van der Waals surface area contributed by atoms with Crippen molar-refractivity contribution in [3.63, 3.8) is 0 Å². The lowest BCUT2D eigenvalue weighted by molar-refractivity contribution is 0.483. The van der Waals surface area contributed by atoms with Crippen molar-refractivity contribution in [1.29, 1.82) is 0 Å². The molecule has 0 spiro atoms. The van der Waals surface area contributed by atoms with E-state index < -0.39 is 0 Å². The van der Waals surface area contributed by atoms with Gasteiger partial charge in [0, 0.05) is 43.4 Å². The van der Waals surface area contributed by atoms with Crippen LogP contribution in [0.15, 0.2) is 149 Å². The van der Waals surface area contributed by atoms with E-state index in [9.17, 15) is 0 Å². The molecule has 7 aromatic carbocycles. The molecule has 0 amide bonds. The fraction of sp³-hybridized carbons (Fsp3) is 0.140. The lowest BCUT2D eigenvalue weighted by atomic mass is 9.77. The van der Waals surface area contributed by atoms with Crippen LogP contribution in [0.5, 0.6) is 11.5 Å². The van der Waals surface area contributed by atoms with E-state index in [0.29, 0.717) is 6.67 Å². The number of aromatic nitrogens is 2. The van der Waals surface area contributed by atoms with Crippen LogP contribution in [-0.4, -0.2) is 16.1 Å². The average Bonchev–Trinajstić information content (AvgIpc) is 3.77. The summed E-state index contributed by atoms with van der Waals surface area (Å²) in [6.45, 7) is 12.0. The maximum Gasteiger partial charge on any atom is 0.146 e. The molecule has 0 aliphatic carbocycles. The predicted octanol–water partition coefficient (Wildman–Crippen LogP) is 13.5. The monoisotopic (exact) mass is 744 g/mol. The molecule has 0 bridgehead atoms. The van der Waals surface area contributed by atoms with Crippen LogP contribution in [0.1, 0.15) is 41.7 Å². The molecule has 2 aromatic heterocycles. The third-order valence-corrected chi connectivity index (χ3v) is 13.0. The van der Waals surface area contributed by atoms with Crippen LogP contribution < -0.4 is 14.5 Å². The zero-order valence-corrected chi connectivity index (χ0v) is 32.9. The van der Waals surface area contributed by atoms with Crippen LogP contribution in [0.3, 0.4) is 0 Å². The first-order chi connectivity index (χ1) is 27.2. The average molecular weight is 745 g/mol. The molecule has 9 aromatic rings. The minimum absolute atomic E-state index is 0.136. The number of benzene rings is 7. The highest BCUT2D eigenvalue weighted by molar-refractivity contribution is 7.99. The number of para-hydroxylation sites is 4. The van der Waals surface area contributed by atoms with Crippen molar-refractivity contribution in [1.82, 2.24) is 9.38 Å². The van der Waals surface area contributed by atoms with Gasteiger partial charge in [0.05, 0.1) is 27.9 Å². The Morgan fingerprint density at radius 3 is 2.16 bits per heavy atom. The van der Waals surface area contributed by atoms with Crippen molar-refractivity contribution in [2.24, 2.45) is 0 Å². The van der Waals surface area contributed by atoms with Crippen LogP contribution in [0.25, 0.3) is 38.4 Å². The maximum absolute atomic E-state index is 6.75. The summed E-state index contributed by atoms with van der Waals surface area (Å²) in [5, 5.41) is 3.44. The van der Waals surface area contributed by atoms with E-state index in [1.807, 2.05) is 17.8 Å². The normalized spacial score (nSPS) is 14.4. The number of nitrogens with zero attached hydrogens (tertiary/aromatic N) is 4. The highest BCUT2D eigenvalue weighted by Crippen LogP contribution is 2.51. The molecule has 272 valence electrons. The molecule has 56 heavy (non-hydrogen) atoms. The topological polar surface area (TPSA) is 33.0 Å². The SMILES string of the molecule is Cc1cc(C)c(N2CN(c3cccc(Oc4ccc5c6cc7c(cc6n6c8ccccc8nc6c5c4)C(C)(C)c4ccccc4S7)c3)c3ccccc32)c(C)c1. The van der Waals surface area contributed by atoms with Crippen molar-refractivity contribution < 1.29 is 4.74 Å². The third-order valence-electron chi connectivity index (χ3n) is 11.9. The van der Waals surface area contributed by atoms with Gasteiger partial charge in [-0.3, -0.25) is 4.40 Å². The first-order valence-corrected chi connectivity index (χ1v) is 20.1. The van der Waals surface area contributed by atoms with Gasteiger partial charge in [0.2, 0.25) is 0 Å². The Hall–Kier alpha value is -6.24. The van der Waals surface area contributed by atoms with Crippen molar-refractivity contribution in [2.75, 3.05) is 16.5 Å². The fourth-order valence-electron chi connectivity index (χ4n) is 9.41. The predicted molar refractivity (Wildman–Crippen MR) is 233 cm³/mol. The van der Waals surface area contributed by atoms with E-state index in [1.165, 1.54) is 71.0 Å². The highest BCUT2D eigenvalue weighted by Gasteiger charge is 2.34. The Labute approximate surface area is 330 Å².